The third kappa shape index (κ3) is 4.12. The Hall–Kier alpha value is -4.72. The van der Waals surface area contributed by atoms with Gasteiger partial charge < -0.3 is 19.3 Å². The number of carbonyl (C=O) groups is 1. The molecule has 0 unspecified atom stereocenters. The molecule has 10 rings (SSSR count). The maximum absolute atomic E-state index is 17.3. The van der Waals surface area contributed by atoms with Crippen LogP contribution in [0.5, 0.6) is 11.6 Å². The summed E-state index contributed by atoms with van der Waals surface area (Å²) in [6, 6.07) is 19.0. The second-order valence-electron chi connectivity index (χ2n) is 13.2. The molecule has 9 nitrogen and oxygen atoms in total. The lowest BCUT2D eigenvalue weighted by Gasteiger charge is -2.40. The topological polar surface area (TPSA) is 97.6 Å². The predicted octanol–water partition coefficient (Wildman–Crippen LogP) is 5.36. The fourth-order valence-electron chi connectivity index (χ4n) is 8.33. The van der Waals surface area contributed by atoms with E-state index in [2.05, 4.69) is 33.4 Å². The van der Waals surface area contributed by atoms with E-state index in [4.69, 9.17) is 9.72 Å². The van der Waals surface area contributed by atoms with Crippen molar-refractivity contribution in [2.24, 2.45) is 0 Å². The number of benzene rings is 3. The highest BCUT2D eigenvalue weighted by molar-refractivity contribution is 6.10. The molecular weight excluding hydrogens is 595 g/mol. The van der Waals surface area contributed by atoms with Crippen LogP contribution in [0.25, 0.3) is 43.7 Å². The number of hydrogen-bond donors (Lipinski definition) is 1. The molecule has 2 atom stereocenters. The molecule has 5 fully saturated rings. The molecule has 3 aromatic carbocycles. The van der Waals surface area contributed by atoms with E-state index in [1.54, 1.807) is 12.1 Å². The minimum absolute atomic E-state index is 0.0393. The fourth-order valence-corrected chi connectivity index (χ4v) is 8.33. The standard InChI is InChI=1S/C37H35FN6O3/c1-3-41-12-13-42(28(46)19-41)18-22-16-27-32(43(22)33-34-36-35(33)44(34)36)26-15-21(9-7-11-39)29(30(38)31(26)40-37(27)47-4-2)25-17-23(45)14-20-8-5-6-10-24(20)25/h5-6,8,10,14-17,33-36,45H,3-4,7,9,12-13,18-19H2,1-2H3/t33?,34-,35-,36?,44?/m0/s1. The molecule has 6 heterocycles. The van der Waals surface area contributed by atoms with Gasteiger partial charge in [-0.25, -0.2) is 9.37 Å². The van der Waals surface area contributed by atoms with Crippen LogP contribution in [0.4, 0.5) is 4.39 Å². The summed E-state index contributed by atoms with van der Waals surface area (Å²) in [4.78, 5) is 24.7. The highest BCUT2D eigenvalue weighted by atomic mass is 19.1. The number of aryl methyl sites for hydroxylation is 1. The van der Waals surface area contributed by atoms with Crippen molar-refractivity contribution in [1.82, 2.24) is 24.3 Å². The second kappa shape index (κ2) is 10.4. The number of rotatable bonds is 9. The van der Waals surface area contributed by atoms with Crippen molar-refractivity contribution in [3.63, 3.8) is 0 Å². The zero-order valence-corrected chi connectivity index (χ0v) is 26.4. The maximum Gasteiger partial charge on any atom is 0.237 e. The van der Waals surface area contributed by atoms with Gasteiger partial charge in [-0.05, 0) is 66.1 Å². The number of hydrogen-bond acceptors (Lipinski definition) is 7. The van der Waals surface area contributed by atoms with Crippen molar-refractivity contribution >= 4 is 38.5 Å². The molecule has 1 N–H and O–H groups in total. The lowest BCUT2D eigenvalue weighted by atomic mass is 9.85. The first kappa shape index (κ1) is 28.5. The molecule has 2 aromatic heterocycles. The van der Waals surface area contributed by atoms with Crippen molar-refractivity contribution in [2.45, 2.75) is 57.4 Å². The van der Waals surface area contributed by atoms with Crippen LogP contribution in [0.1, 0.15) is 37.6 Å². The van der Waals surface area contributed by atoms with E-state index in [0.717, 1.165) is 40.5 Å². The Kier molecular flexibility index (Phi) is 6.30. The number of nitrogens with zero attached hydrogens (tertiary/aromatic N) is 6. The quantitative estimate of drug-likeness (QED) is 0.219. The summed E-state index contributed by atoms with van der Waals surface area (Å²) >= 11 is 0. The highest BCUT2D eigenvalue weighted by Crippen LogP contribution is 2.73. The SMILES string of the molecule is CCOc1nc2c(F)c(-c3cc(O)cc4ccccc34)c(CCC#N)cc2c2c1cc(CN1CCN(CC)CC1=O)n2C1[C@H]2C3[C@H]1N32. The number of phenols is 1. The smallest absolute Gasteiger partial charge is 0.237 e. The van der Waals surface area contributed by atoms with Gasteiger partial charge in [0.2, 0.25) is 11.8 Å². The monoisotopic (exact) mass is 630 g/mol. The predicted molar refractivity (Wildman–Crippen MR) is 177 cm³/mol. The zero-order valence-electron chi connectivity index (χ0n) is 26.4. The summed E-state index contributed by atoms with van der Waals surface area (Å²) in [5.74, 6) is 0.0248. The Balaban J connectivity index is 1.29. The highest BCUT2D eigenvalue weighted by Gasteiger charge is 2.88. The lowest BCUT2D eigenvalue weighted by Crippen LogP contribution is -2.51. The number of ether oxygens (including phenoxy) is 1. The van der Waals surface area contributed by atoms with Gasteiger partial charge in [0.25, 0.3) is 0 Å². The van der Waals surface area contributed by atoms with Crippen LogP contribution >= 0.6 is 0 Å². The molecule has 4 saturated heterocycles. The van der Waals surface area contributed by atoms with Crippen LogP contribution < -0.4 is 4.74 Å². The van der Waals surface area contributed by atoms with E-state index in [0.29, 0.717) is 78.7 Å². The first-order valence-electron chi connectivity index (χ1n) is 16.6. The van der Waals surface area contributed by atoms with Gasteiger partial charge in [0.05, 0.1) is 42.7 Å². The Bertz CT molecular complexity index is 2170. The molecule has 5 aromatic rings. The number of amides is 1. The molecule has 47 heavy (non-hydrogen) atoms. The van der Waals surface area contributed by atoms with Gasteiger partial charge in [0.1, 0.15) is 11.3 Å². The van der Waals surface area contributed by atoms with Crippen LogP contribution in [0, 0.1) is 17.1 Å². The molecule has 1 saturated carbocycles. The molecule has 0 radical (unpaired) electrons. The molecule has 1 aliphatic carbocycles. The lowest BCUT2D eigenvalue weighted by molar-refractivity contribution is -0.136. The van der Waals surface area contributed by atoms with Crippen molar-refractivity contribution in [3.05, 3.63) is 65.6 Å². The number of piperazine rings is 1. The number of likely N-dealkylation sites (N-methyl/N-ethyl adjacent to an activating group) is 1. The molecule has 2 bridgehead atoms. The summed E-state index contributed by atoms with van der Waals surface area (Å²) in [5.41, 5.74) is 3.67. The van der Waals surface area contributed by atoms with E-state index < -0.39 is 5.82 Å². The first-order chi connectivity index (χ1) is 22.9. The number of aromatic nitrogens is 2. The molecule has 10 heteroatoms. The second-order valence-corrected chi connectivity index (χ2v) is 13.2. The van der Waals surface area contributed by atoms with Crippen molar-refractivity contribution in [2.75, 3.05) is 32.8 Å². The normalized spacial score (nSPS) is 24.4. The summed E-state index contributed by atoms with van der Waals surface area (Å²) in [5, 5.41) is 23.4. The van der Waals surface area contributed by atoms with Gasteiger partial charge in [-0.3, -0.25) is 14.6 Å². The Morgan fingerprint density at radius 1 is 1.04 bits per heavy atom. The molecule has 5 aliphatic rings. The Morgan fingerprint density at radius 2 is 1.85 bits per heavy atom. The summed E-state index contributed by atoms with van der Waals surface area (Å²) in [7, 11) is 0. The van der Waals surface area contributed by atoms with Crippen LogP contribution in [-0.4, -0.2) is 86.2 Å². The van der Waals surface area contributed by atoms with Crippen LogP contribution in [0.3, 0.4) is 0 Å². The van der Waals surface area contributed by atoms with Crippen molar-refractivity contribution in [3.8, 4) is 28.8 Å². The van der Waals surface area contributed by atoms with Gasteiger partial charge in [-0.1, -0.05) is 31.2 Å². The van der Waals surface area contributed by atoms with Gasteiger partial charge in [-0.15, -0.1) is 0 Å². The number of pyridine rings is 1. The number of phenolic OH excluding ortho intramolecular Hbond substituents is 1. The fraction of sp³-hybridized carbons (Fsp3) is 0.378. The zero-order chi connectivity index (χ0) is 32.1. The largest absolute Gasteiger partial charge is 0.508 e. The summed E-state index contributed by atoms with van der Waals surface area (Å²) < 4.78 is 25.8. The Morgan fingerprint density at radius 3 is 2.57 bits per heavy atom. The average molecular weight is 631 g/mol. The number of fused-ring (bicyclic) bond motifs is 4. The van der Waals surface area contributed by atoms with Crippen molar-refractivity contribution in [1.29, 1.82) is 5.26 Å². The van der Waals surface area contributed by atoms with E-state index >= 15 is 4.39 Å². The third-order valence-corrected chi connectivity index (χ3v) is 10.8. The van der Waals surface area contributed by atoms with E-state index in [-0.39, 0.29) is 29.6 Å². The van der Waals surface area contributed by atoms with E-state index in [9.17, 15) is 15.2 Å². The summed E-state index contributed by atoms with van der Waals surface area (Å²) in [6.07, 6.45) is 0.551. The van der Waals surface area contributed by atoms with Gasteiger partial charge in [0, 0.05) is 54.3 Å². The maximum atomic E-state index is 17.3. The van der Waals surface area contributed by atoms with E-state index in [1.807, 2.05) is 42.2 Å². The number of halogens is 1. The molecular formula is C37H35FN6O3. The molecule has 238 valence electrons. The number of aromatic hydroxyl groups is 1. The molecule has 1 amide bonds. The number of carbonyl (C=O) groups excluding carboxylic acids is 1. The van der Waals surface area contributed by atoms with Crippen LogP contribution in [0.15, 0.2) is 48.5 Å². The molecule has 4 aliphatic heterocycles. The van der Waals surface area contributed by atoms with Gasteiger partial charge in [-0.2, -0.15) is 5.26 Å². The third-order valence-electron chi connectivity index (χ3n) is 10.8. The Labute approximate surface area is 271 Å². The first-order valence-corrected chi connectivity index (χ1v) is 16.6. The minimum Gasteiger partial charge on any atom is -0.508 e. The van der Waals surface area contributed by atoms with Gasteiger partial charge in [0.15, 0.2) is 5.82 Å². The summed E-state index contributed by atoms with van der Waals surface area (Å²) in [6.45, 7) is 7.55. The van der Waals surface area contributed by atoms with E-state index in [1.165, 1.54) is 0 Å². The van der Waals surface area contributed by atoms with Crippen LogP contribution in [-0.2, 0) is 17.8 Å². The molecule has 0 spiro atoms. The van der Waals surface area contributed by atoms with Gasteiger partial charge >= 0.3 is 0 Å². The number of nitriles is 1. The minimum atomic E-state index is -0.498. The van der Waals surface area contributed by atoms with Crippen molar-refractivity contribution < 1.29 is 19.0 Å². The van der Waals surface area contributed by atoms with Crippen LogP contribution in [0.2, 0.25) is 0 Å². The average Bonchev–Trinajstić information content (AvgIpc) is 3.87.